The van der Waals surface area contributed by atoms with Crippen LogP contribution in [0.15, 0.2) is 23.1 Å². The van der Waals surface area contributed by atoms with E-state index in [0.717, 1.165) is 16.4 Å². The molecule has 9 heteroatoms. The van der Waals surface area contributed by atoms with Gasteiger partial charge in [-0.15, -0.1) is 0 Å². The summed E-state index contributed by atoms with van der Waals surface area (Å²) in [6.07, 6.45) is 0.196. The average Bonchev–Trinajstić information content (AvgIpc) is 2.72. The van der Waals surface area contributed by atoms with Crippen LogP contribution in [0.1, 0.15) is 6.42 Å². The second-order valence-corrected chi connectivity index (χ2v) is 8.88. The van der Waals surface area contributed by atoms with E-state index in [-0.39, 0.29) is 17.9 Å². The predicted octanol–water partition coefficient (Wildman–Crippen LogP) is 0.772. The number of nitrogens with zero attached hydrogens (tertiary/aromatic N) is 1. The molecular weight excluding hydrogens is 312 g/mol. The van der Waals surface area contributed by atoms with Crippen molar-refractivity contribution in [1.29, 1.82) is 0 Å². The van der Waals surface area contributed by atoms with Crippen LogP contribution in [0.4, 0.5) is 8.78 Å². The van der Waals surface area contributed by atoms with Crippen molar-refractivity contribution >= 4 is 19.9 Å². The van der Waals surface area contributed by atoms with Gasteiger partial charge in [0.05, 0.1) is 16.4 Å². The standard InChI is InChI=1S/C11H13F2NO4S2/c1-14(8-4-5-19(15,16)7-8)20(17,18)9-2-3-10(12)11(13)6-9/h2-3,6,8H,4-5,7H2,1H3. The van der Waals surface area contributed by atoms with Crippen LogP contribution in [0.2, 0.25) is 0 Å². The van der Waals surface area contributed by atoms with E-state index in [9.17, 15) is 25.6 Å². The summed E-state index contributed by atoms with van der Waals surface area (Å²) in [7, 11) is -6.05. The zero-order chi connectivity index (χ0) is 15.1. The maximum absolute atomic E-state index is 13.1. The van der Waals surface area contributed by atoms with Gasteiger partial charge in [-0.05, 0) is 24.6 Å². The van der Waals surface area contributed by atoms with Gasteiger partial charge >= 0.3 is 0 Å². The largest absolute Gasteiger partial charge is 0.243 e. The summed E-state index contributed by atoms with van der Waals surface area (Å²) in [6.45, 7) is 0. The van der Waals surface area contributed by atoms with E-state index in [2.05, 4.69) is 0 Å². The van der Waals surface area contributed by atoms with E-state index < -0.39 is 42.4 Å². The molecule has 0 radical (unpaired) electrons. The summed E-state index contributed by atoms with van der Waals surface area (Å²) < 4.78 is 74.1. The molecular formula is C11H13F2NO4S2. The number of sulfonamides is 1. The average molecular weight is 325 g/mol. The minimum Gasteiger partial charge on any atom is -0.229 e. The highest BCUT2D eigenvalue weighted by atomic mass is 32.2. The van der Waals surface area contributed by atoms with E-state index in [4.69, 9.17) is 0 Å². The third-order valence-corrected chi connectivity index (χ3v) is 6.95. The molecule has 112 valence electrons. The van der Waals surface area contributed by atoms with Gasteiger partial charge in [0.1, 0.15) is 0 Å². The van der Waals surface area contributed by atoms with Crippen LogP contribution in [0.5, 0.6) is 0 Å². The van der Waals surface area contributed by atoms with E-state index >= 15 is 0 Å². The van der Waals surface area contributed by atoms with Crippen LogP contribution >= 0.6 is 0 Å². The number of benzene rings is 1. The first-order valence-electron chi connectivity index (χ1n) is 5.77. The summed E-state index contributed by atoms with van der Waals surface area (Å²) in [6, 6.07) is 1.58. The first-order chi connectivity index (χ1) is 9.13. The third-order valence-electron chi connectivity index (χ3n) is 3.29. The molecule has 1 unspecified atom stereocenters. The Bertz CT molecular complexity index is 731. The zero-order valence-corrected chi connectivity index (χ0v) is 12.2. The van der Waals surface area contributed by atoms with Crippen LogP contribution < -0.4 is 0 Å². The van der Waals surface area contributed by atoms with Crippen LogP contribution in [-0.4, -0.2) is 45.7 Å². The Hall–Kier alpha value is -1.06. The van der Waals surface area contributed by atoms with Crippen LogP contribution in [0.25, 0.3) is 0 Å². The minimum atomic E-state index is -4.05. The van der Waals surface area contributed by atoms with Crippen LogP contribution in [0.3, 0.4) is 0 Å². The maximum Gasteiger partial charge on any atom is 0.243 e. The predicted molar refractivity (Wildman–Crippen MR) is 68.4 cm³/mol. The quantitative estimate of drug-likeness (QED) is 0.823. The molecule has 0 aromatic heterocycles. The summed E-state index contributed by atoms with van der Waals surface area (Å²) >= 11 is 0. The molecule has 5 nitrogen and oxygen atoms in total. The molecule has 1 aromatic rings. The third kappa shape index (κ3) is 2.84. The van der Waals surface area contributed by atoms with Crippen molar-refractivity contribution in [2.75, 3.05) is 18.6 Å². The molecule has 1 aliphatic rings. The molecule has 1 fully saturated rings. The monoisotopic (exact) mass is 325 g/mol. The van der Waals surface area contributed by atoms with E-state index in [1.165, 1.54) is 7.05 Å². The number of sulfone groups is 1. The van der Waals surface area contributed by atoms with Gasteiger partial charge in [-0.2, -0.15) is 4.31 Å². The number of hydrogen-bond donors (Lipinski definition) is 0. The molecule has 2 rings (SSSR count). The van der Waals surface area contributed by atoms with Gasteiger partial charge in [0.25, 0.3) is 0 Å². The van der Waals surface area contributed by atoms with Gasteiger partial charge in [-0.25, -0.2) is 25.6 Å². The van der Waals surface area contributed by atoms with Gasteiger partial charge in [0, 0.05) is 13.1 Å². The van der Waals surface area contributed by atoms with Gasteiger partial charge < -0.3 is 0 Å². The molecule has 0 amide bonds. The van der Waals surface area contributed by atoms with Crippen LogP contribution in [0, 0.1) is 11.6 Å². The summed E-state index contributed by atoms with van der Waals surface area (Å²) in [5.74, 6) is -2.74. The topological polar surface area (TPSA) is 71.5 Å². The van der Waals surface area contributed by atoms with Gasteiger partial charge in [0.2, 0.25) is 10.0 Å². The Balaban J connectivity index is 2.32. The van der Waals surface area contributed by atoms with Crippen LogP contribution in [-0.2, 0) is 19.9 Å². The summed E-state index contributed by atoms with van der Waals surface area (Å²) in [5, 5.41) is 0. The van der Waals surface area contributed by atoms with Crippen molar-refractivity contribution in [3.8, 4) is 0 Å². The smallest absolute Gasteiger partial charge is 0.229 e. The molecule has 1 atom stereocenters. The fraction of sp³-hybridized carbons (Fsp3) is 0.455. The Morgan fingerprint density at radius 1 is 1.25 bits per heavy atom. The lowest BCUT2D eigenvalue weighted by Crippen LogP contribution is -2.37. The molecule has 0 bridgehead atoms. The Morgan fingerprint density at radius 3 is 2.40 bits per heavy atom. The Labute approximate surface area is 116 Å². The summed E-state index contributed by atoms with van der Waals surface area (Å²) in [5.41, 5.74) is 0. The van der Waals surface area contributed by atoms with Crippen molar-refractivity contribution in [2.24, 2.45) is 0 Å². The molecule has 0 saturated carbocycles. The highest BCUT2D eigenvalue weighted by molar-refractivity contribution is 7.92. The Kier molecular flexibility index (Phi) is 3.87. The fourth-order valence-corrected chi connectivity index (χ4v) is 5.33. The molecule has 1 aromatic carbocycles. The lowest BCUT2D eigenvalue weighted by Gasteiger charge is -2.22. The molecule has 0 N–H and O–H groups in total. The molecule has 20 heavy (non-hydrogen) atoms. The molecule has 1 saturated heterocycles. The Morgan fingerprint density at radius 2 is 1.90 bits per heavy atom. The lowest BCUT2D eigenvalue weighted by atomic mass is 10.3. The van der Waals surface area contributed by atoms with Crippen molar-refractivity contribution in [3.05, 3.63) is 29.8 Å². The van der Waals surface area contributed by atoms with Gasteiger partial charge in [-0.1, -0.05) is 0 Å². The van der Waals surface area contributed by atoms with Gasteiger partial charge in [-0.3, -0.25) is 0 Å². The molecule has 0 aliphatic carbocycles. The molecule has 0 spiro atoms. The van der Waals surface area contributed by atoms with Gasteiger partial charge in [0.15, 0.2) is 21.5 Å². The fourth-order valence-electron chi connectivity index (χ4n) is 2.06. The van der Waals surface area contributed by atoms with Crippen molar-refractivity contribution in [1.82, 2.24) is 4.31 Å². The van der Waals surface area contributed by atoms with Crippen molar-refractivity contribution < 1.29 is 25.6 Å². The zero-order valence-electron chi connectivity index (χ0n) is 10.6. The van der Waals surface area contributed by atoms with Crippen molar-refractivity contribution in [3.63, 3.8) is 0 Å². The van der Waals surface area contributed by atoms with E-state index in [1.54, 1.807) is 0 Å². The minimum absolute atomic E-state index is 0.0741. The second kappa shape index (κ2) is 5.05. The number of hydrogen-bond acceptors (Lipinski definition) is 4. The normalized spacial score (nSPS) is 22.3. The number of halogens is 2. The summed E-state index contributed by atoms with van der Waals surface area (Å²) in [4.78, 5) is -0.400. The van der Waals surface area contributed by atoms with E-state index in [0.29, 0.717) is 6.07 Å². The highest BCUT2D eigenvalue weighted by Crippen LogP contribution is 2.24. The molecule has 1 heterocycles. The maximum atomic E-state index is 13.1. The highest BCUT2D eigenvalue weighted by Gasteiger charge is 2.36. The first kappa shape index (κ1) is 15.3. The van der Waals surface area contributed by atoms with E-state index in [1.807, 2.05) is 0 Å². The molecule has 1 aliphatic heterocycles. The first-order valence-corrected chi connectivity index (χ1v) is 9.03. The van der Waals surface area contributed by atoms with Crippen molar-refractivity contribution in [2.45, 2.75) is 17.4 Å². The number of rotatable bonds is 3. The second-order valence-electron chi connectivity index (χ2n) is 4.65. The SMILES string of the molecule is CN(C1CCS(=O)(=O)C1)S(=O)(=O)c1ccc(F)c(F)c1. The lowest BCUT2D eigenvalue weighted by molar-refractivity contribution is 0.393.